The average Bonchev–Trinajstić information content (AvgIpc) is 3.06. The number of nitrogens with one attached hydrogen (secondary N) is 1. The highest BCUT2D eigenvalue weighted by molar-refractivity contribution is 5.80. The van der Waals surface area contributed by atoms with Crippen LogP contribution in [0, 0.1) is 0 Å². The molecule has 18 heavy (non-hydrogen) atoms. The lowest BCUT2D eigenvalue weighted by atomic mass is 9.85. The monoisotopic (exact) mass is 242 g/mol. The van der Waals surface area contributed by atoms with Gasteiger partial charge in [0.05, 0.1) is 0 Å². The zero-order chi connectivity index (χ0) is 12.2. The fourth-order valence-electron chi connectivity index (χ4n) is 3.77. The number of H-pyrrole nitrogens is 1. The molecule has 3 heterocycles. The predicted molar refractivity (Wildman–Crippen MR) is 71.4 cm³/mol. The molecule has 3 nitrogen and oxygen atoms in total. The van der Waals surface area contributed by atoms with E-state index in [9.17, 15) is 5.11 Å². The van der Waals surface area contributed by atoms with Crippen LogP contribution in [0.25, 0.3) is 10.9 Å². The maximum Gasteiger partial charge on any atom is 0.106 e. The summed E-state index contributed by atoms with van der Waals surface area (Å²) in [5.41, 5.74) is 1.59. The maximum atomic E-state index is 11.1. The Labute approximate surface area is 106 Å². The van der Waals surface area contributed by atoms with Crippen LogP contribution in [-0.2, 0) is 5.60 Å². The summed E-state index contributed by atoms with van der Waals surface area (Å²) in [5, 5.41) is 12.3. The third kappa shape index (κ3) is 1.32. The van der Waals surface area contributed by atoms with E-state index in [4.69, 9.17) is 0 Å². The highest BCUT2D eigenvalue weighted by Crippen LogP contribution is 2.43. The Bertz CT molecular complexity index is 591. The number of benzene rings is 1. The summed E-state index contributed by atoms with van der Waals surface area (Å²) in [7, 11) is 0. The van der Waals surface area contributed by atoms with Gasteiger partial charge in [-0.25, -0.2) is 0 Å². The van der Waals surface area contributed by atoms with Gasteiger partial charge >= 0.3 is 0 Å². The van der Waals surface area contributed by atoms with Gasteiger partial charge in [-0.3, -0.25) is 4.90 Å². The van der Waals surface area contributed by atoms with Crippen molar-refractivity contribution in [1.29, 1.82) is 0 Å². The summed E-state index contributed by atoms with van der Waals surface area (Å²) in [6, 6.07) is 8.71. The zero-order valence-corrected chi connectivity index (χ0v) is 10.4. The van der Waals surface area contributed by atoms with Gasteiger partial charge in [0.2, 0.25) is 0 Å². The van der Waals surface area contributed by atoms with E-state index in [1.165, 1.54) is 11.8 Å². The first-order valence-corrected chi connectivity index (χ1v) is 6.81. The van der Waals surface area contributed by atoms with E-state index in [0.717, 1.165) is 37.0 Å². The Balaban J connectivity index is 1.80. The Kier molecular flexibility index (Phi) is 2.11. The molecule has 0 radical (unpaired) electrons. The molecule has 2 aliphatic rings. The van der Waals surface area contributed by atoms with Gasteiger partial charge in [0.1, 0.15) is 5.60 Å². The van der Waals surface area contributed by atoms with Crippen molar-refractivity contribution in [2.75, 3.05) is 13.1 Å². The molecular formula is C15H18N2O. The molecule has 2 N–H and O–H groups in total. The van der Waals surface area contributed by atoms with Crippen LogP contribution in [0.15, 0.2) is 30.5 Å². The van der Waals surface area contributed by atoms with E-state index in [-0.39, 0.29) is 0 Å². The van der Waals surface area contributed by atoms with Crippen LogP contribution in [-0.4, -0.2) is 34.1 Å². The molecule has 0 amide bonds. The summed E-state index contributed by atoms with van der Waals surface area (Å²) < 4.78 is 0. The lowest BCUT2D eigenvalue weighted by Gasteiger charge is -2.30. The topological polar surface area (TPSA) is 39.3 Å². The van der Waals surface area contributed by atoms with E-state index >= 15 is 0 Å². The third-order valence-corrected chi connectivity index (χ3v) is 4.75. The number of aromatic amines is 1. The molecule has 2 fully saturated rings. The Morgan fingerprint density at radius 2 is 2.22 bits per heavy atom. The van der Waals surface area contributed by atoms with Gasteiger partial charge in [0.15, 0.2) is 0 Å². The number of rotatable bonds is 1. The van der Waals surface area contributed by atoms with E-state index < -0.39 is 5.60 Å². The van der Waals surface area contributed by atoms with Gasteiger partial charge in [-0.1, -0.05) is 6.07 Å². The molecule has 2 saturated heterocycles. The van der Waals surface area contributed by atoms with E-state index in [1.54, 1.807) is 0 Å². The molecule has 0 saturated carbocycles. The molecular weight excluding hydrogens is 224 g/mol. The van der Waals surface area contributed by atoms with Crippen molar-refractivity contribution < 1.29 is 5.11 Å². The summed E-state index contributed by atoms with van der Waals surface area (Å²) in [4.78, 5) is 5.65. The summed E-state index contributed by atoms with van der Waals surface area (Å²) >= 11 is 0. The Morgan fingerprint density at radius 3 is 3.17 bits per heavy atom. The number of aliphatic hydroxyl groups is 1. The fourth-order valence-corrected chi connectivity index (χ4v) is 3.77. The van der Waals surface area contributed by atoms with Crippen molar-refractivity contribution in [2.45, 2.75) is 30.9 Å². The molecule has 1 aromatic carbocycles. The van der Waals surface area contributed by atoms with E-state index in [2.05, 4.69) is 34.1 Å². The van der Waals surface area contributed by atoms with Crippen molar-refractivity contribution in [3.63, 3.8) is 0 Å². The number of nitrogens with zero attached hydrogens (tertiary/aromatic N) is 1. The van der Waals surface area contributed by atoms with E-state index in [1.807, 2.05) is 6.20 Å². The average molecular weight is 242 g/mol. The van der Waals surface area contributed by atoms with Crippen LogP contribution in [0.3, 0.4) is 0 Å². The second-order valence-electron chi connectivity index (χ2n) is 5.65. The van der Waals surface area contributed by atoms with Gasteiger partial charge in [-0.15, -0.1) is 0 Å². The minimum absolute atomic E-state index is 0.328. The van der Waals surface area contributed by atoms with Crippen molar-refractivity contribution >= 4 is 10.9 Å². The quantitative estimate of drug-likeness (QED) is 0.805. The van der Waals surface area contributed by atoms with Crippen molar-refractivity contribution in [3.8, 4) is 0 Å². The van der Waals surface area contributed by atoms with Gasteiger partial charge in [-0.2, -0.15) is 0 Å². The van der Waals surface area contributed by atoms with Gasteiger partial charge in [0.25, 0.3) is 0 Å². The summed E-state index contributed by atoms with van der Waals surface area (Å²) in [6.07, 6.45) is 5.17. The van der Waals surface area contributed by atoms with Crippen LogP contribution in [0.2, 0.25) is 0 Å². The smallest absolute Gasteiger partial charge is 0.106 e. The van der Waals surface area contributed by atoms with Crippen molar-refractivity contribution in [1.82, 2.24) is 9.88 Å². The standard InChI is InChI=1S/C15H18N2O/c18-15(6-9-17-8-1-2-14(15)17)12-3-4-13-11(10-12)5-7-16-13/h3-5,7,10,14,16,18H,1-2,6,8-9H2. The van der Waals surface area contributed by atoms with E-state index in [0.29, 0.717) is 6.04 Å². The second-order valence-corrected chi connectivity index (χ2v) is 5.65. The first-order chi connectivity index (χ1) is 8.77. The van der Waals surface area contributed by atoms with Crippen LogP contribution < -0.4 is 0 Å². The summed E-state index contributed by atoms with van der Waals surface area (Å²) in [5.74, 6) is 0. The fraction of sp³-hybridized carbons (Fsp3) is 0.467. The molecule has 4 rings (SSSR count). The normalized spacial score (nSPS) is 32.2. The van der Waals surface area contributed by atoms with Crippen molar-refractivity contribution in [2.24, 2.45) is 0 Å². The Hall–Kier alpha value is -1.32. The highest BCUT2D eigenvalue weighted by Gasteiger charge is 2.48. The molecule has 2 atom stereocenters. The minimum atomic E-state index is -0.637. The van der Waals surface area contributed by atoms with Crippen LogP contribution >= 0.6 is 0 Å². The van der Waals surface area contributed by atoms with Gasteiger partial charge in [0, 0.05) is 24.3 Å². The molecule has 2 aliphatic heterocycles. The Morgan fingerprint density at radius 1 is 1.28 bits per heavy atom. The lowest BCUT2D eigenvalue weighted by Crippen LogP contribution is -2.38. The largest absolute Gasteiger partial charge is 0.383 e. The number of hydrogen-bond donors (Lipinski definition) is 2. The van der Waals surface area contributed by atoms with Crippen LogP contribution in [0.5, 0.6) is 0 Å². The second kappa shape index (κ2) is 3.59. The molecule has 94 valence electrons. The van der Waals surface area contributed by atoms with Crippen molar-refractivity contribution in [3.05, 3.63) is 36.0 Å². The number of aromatic nitrogens is 1. The first-order valence-electron chi connectivity index (χ1n) is 6.81. The molecule has 3 heteroatoms. The SMILES string of the molecule is OC1(c2ccc3[nH]ccc3c2)CCN2CCCC21. The lowest BCUT2D eigenvalue weighted by molar-refractivity contribution is 0.00950. The van der Waals surface area contributed by atoms with Gasteiger partial charge < -0.3 is 10.1 Å². The number of hydrogen-bond acceptors (Lipinski definition) is 2. The number of fused-ring (bicyclic) bond motifs is 2. The van der Waals surface area contributed by atoms with Crippen LogP contribution in [0.1, 0.15) is 24.8 Å². The third-order valence-electron chi connectivity index (χ3n) is 4.75. The summed E-state index contributed by atoms with van der Waals surface area (Å²) in [6.45, 7) is 2.19. The molecule has 2 unspecified atom stereocenters. The van der Waals surface area contributed by atoms with Gasteiger partial charge in [-0.05, 0) is 55.0 Å². The molecule has 0 aliphatic carbocycles. The highest BCUT2D eigenvalue weighted by atomic mass is 16.3. The van der Waals surface area contributed by atoms with Crippen LogP contribution in [0.4, 0.5) is 0 Å². The molecule has 1 aromatic heterocycles. The first kappa shape index (κ1) is 10.6. The zero-order valence-electron chi connectivity index (χ0n) is 10.4. The molecule has 2 aromatic rings. The molecule has 0 bridgehead atoms. The molecule has 0 spiro atoms. The minimum Gasteiger partial charge on any atom is -0.383 e. The predicted octanol–water partition coefficient (Wildman–Crippen LogP) is 2.22. The maximum absolute atomic E-state index is 11.1.